The maximum atomic E-state index is 14.7. The van der Waals surface area contributed by atoms with Gasteiger partial charge in [0.05, 0.1) is 20.3 Å². The first-order valence-electron chi connectivity index (χ1n) is 13.9. The molecule has 0 radical (unpaired) electrons. The Hall–Kier alpha value is -2.68. The number of carbonyl (C=O) groups is 1. The minimum Gasteiger partial charge on any atom is -0.478 e. The van der Waals surface area contributed by atoms with Crippen molar-refractivity contribution < 1.29 is 18.8 Å². The van der Waals surface area contributed by atoms with Crippen molar-refractivity contribution in [2.75, 3.05) is 4.90 Å². The lowest BCUT2D eigenvalue weighted by molar-refractivity contribution is 0.0483. The van der Waals surface area contributed by atoms with Crippen molar-refractivity contribution in [1.29, 1.82) is 0 Å². The van der Waals surface area contributed by atoms with Crippen LogP contribution in [0.4, 0.5) is 9.52 Å². The molecule has 2 unspecified atom stereocenters. The number of hydrogen-bond donors (Lipinski definition) is 1. The van der Waals surface area contributed by atoms with E-state index in [-0.39, 0.29) is 16.5 Å². The maximum Gasteiger partial charge on any atom is 0.335 e. The van der Waals surface area contributed by atoms with Crippen molar-refractivity contribution in [2.45, 2.75) is 75.3 Å². The van der Waals surface area contributed by atoms with Crippen LogP contribution in [0.25, 0.3) is 21.5 Å². The summed E-state index contributed by atoms with van der Waals surface area (Å²) in [4.78, 5) is 18.5. The van der Waals surface area contributed by atoms with Gasteiger partial charge in [-0.05, 0) is 87.0 Å². The second kappa shape index (κ2) is 8.91. The van der Waals surface area contributed by atoms with E-state index in [1.54, 1.807) is 0 Å². The minimum atomic E-state index is -1.13. The Morgan fingerprint density at radius 3 is 2.40 bits per heavy atom. The third kappa shape index (κ3) is 3.82. The first-order valence-corrected chi connectivity index (χ1v) is 15.4. The largest absolute Gasteiger partial charge is 0.478 e. The van der Waals surface area contributed by atoms with E-state index in [1.165, 1.54) is 23.0 Å². The average Bonchev–Trinajstić information content (AvgIpc) is 3.40. The molecule has 4 aromatic rings. The van der Waals surface area contributed by atoms with Crippen LogP contribution in [0.2, 0.25) is 10.0 Å². The number of nitrogens with zero attached hydrogens (tertiary/aromatic N) is 3. The maximum absolute atomic E-state index is 14.7. The number of aromatic nitrogens is 2. The lowest BCUT2D eigenvalue weighted by atomic mass is 9.54. The number of thiazole rings is 1. The third-order valence-corrected chi connectivity index (χ3v) is 11.2. The quantitative estimate of drug-likeness (QED) is 0.248. The highest BCUT2D eigenvalue weighted by Gasteiger charge is 2.56. The molecule has 2 saturated heterocycles. The van der Waals surface area contributed by atoms with Gasteiger partial charge >= 0.3 is 5.97 Å². The highest BCUT2D eigenvalue weighted by molar-refractivity contribution is 7.22. The summed E-state index contributed by atoms with van der Waals surface area (Å²) in [5.41, 5.74) is 3.24. The SMILES string of the molecule is O=C(O)c1cc(F)c2nc(N3C4CCC3CC3(CC(c5c(-c6c(Cl)cccc6Cl)noc5C5CC5)C3)C4)sc2c1. The zero-order valence-corrected chi connectivity index (χ0v) is 23.8. The summed E-state index contributed by atoms with van der Waals surface area (Å²) in [6.07, 6.45) is 8.77. The van der Waals surface area contributed by atoms with Crippen molar-refractivity contribution in [1.82, 2.24) is 10.1 Å². The fourth-order valence-electron chi connectivity index (χ4n) is 7.74. The van der Waals surface area contributed by atoms with Crippen molar-refractivity contribution in [3.63, 3.8) is 0 Å². The Balaban J connectivity index is 1.07. The van der Waals surface area contributed by atoms with Crippen LogP contribution in [-0.4, -0.2) is 33.3 Å². The van der Waals surface area contributed by atoms with Gasteiger partial charge in [0.25, 0.3) is 0 Å². The molecule has 6 nitrogen and oxygen atoms in total. The molecule has 2 bridgehead atoms. The van der Waals surface area contributed by atoms with Gasteiger partial charge in [0.15, 0.2) is 10.9 Å². The Bertz CT molecular complexity index is 1660. The molecule has 2 aromatic heterocycles. The number of piperidine rings is 1. The minimum absolute atomic E-state index is 0.0435. The van der Waals surface area contributed by atoms with Crippen molar-refractivity contribution in [2.24, 2.45) is 5.41 Å². The molecule has 2 atom stereocenters. The molecule has 2 saturated carbocycles. The van der Waals surface area contributed by atoms with E-state index in [0.29, 0.717) is 38.7 Å². The monoisotopic (exact) mass is 597 g/mol. The van der Waals surface area contributed by atoms with Gasteiger partial charge in [-0.2, -0.15) is 0 Å². The third-order valence-electron chi connectivity index (χ3n) is 9.53. The van der Waals surface area contributed by atoms with E-state index in [4.69, 9.17) is 27.7 Å². The first kappa shape index (κ1) is 25.1. The number of halogens is 3. The van der Waals surface area contributed by atoms with Gasteiger partial charge in [0.1, 0.15) is 17.0 Å². The van der Waals surface area contributed by atoms with E-state index in [0.717, 1.165) is 79.6 Å². The van der Waals surface area contributed by atoms with Crippen molar-refractivity contribution in [3.05, 3.63) is 63.1 Å². The van der Waals surface area contributed by atoms with E-state index in [2.05, 4.69) is 15.0 Å². The van der Waals surface area contributed by atoms with Crippen LogP contribution in [0.3, 0.4) is 0 Å². The van der Waals surface area contributed by atoms with Crippen LogP contribution in [0.15, 0.2) is 34.9 Å². The Morgan fingerprint density at radius 2 is 1.75 bits per heavy atom. The molecule has 2 aliphatic heterocycles. The van der Waals surface area contributed by atoms with E-state index >= 15 is 0 Å². The Labute approximate surface area is 244 Å². The number of carboxylic acid groups (broad SMARTS) is 1. The normalized spacial score (nSPS) is 27.5. The van der Waals surface area contributed by atoms with Gasteiger partial charge in [-0.3, -0.25) is 0 Å². The van der Waals surface area contributed by atoms with Gasteiger partial charge in [-0.25, -0.2) is 14.2 Å². The smallest absolute Gasteiger partial charge is 0.335 e. The molecule has 2 aromatic carbocycles. The van der Waals surface area contributed by atoms with Crippen LogP contribution in [0.1, 0.15) is 84.9 Å². The number of aromatic carboxylic acids is 1. The number of rotatable bonds is 5. The topological polar surface area (TPSA) is 79.5 Å². The van der Waals surface area contributed by atoms with Crippen molar-refractivity contribution >= 4 is 55.9 Å². The van der Waals surface area contributed by atoms with Gasteiger partial charge in [-0.15, -0.1) is 0 Å². The van der Waals surface area contributed by atoms with Crippen LogP contribution in [-0.2, 0) is 0 Å². The van der Waals surface area contributed by atoms with E-state index in [9.17, 15) is 14.3 Å². The summed E-state index contributed by atoms with van der Waals surface area (Å²) in [6, 6.07) is 8.85. The van der Waals surface area contributed by atoms with Crippen molar-refractivity contribution in [3.8, 4) is 11.3 Å². The summed E-state index contributed by atoms with van der Waals surface area (Å²) in [6.45, 7) is 0. The van der Waals surface area contributed by atoms with Crippen LogP contribution < -0.4 is 4.90 Å². The molecular weight excluding hydrogens is 572 g/mol. The van der Waals surface area contributed by atoms with Gasteiger partial charge in [0.2, 0.25) is 0 Å². The Kier molecular flexibility index (Phi) is 5.58. The predicted octanol–water partition coefficient (Wildman–Crippen LogP) is 8.67. The molecule has 10 heteroatoms. The number of benzene rings is 2. The lowest BCUT2D eigenvalue weighted by Gasteiger charge is -2.55. The summed E-state index contributed by atoms with van der Waals surface area (Å²) in [5.74, 6) is 0.111. The fourth-order valence-corrected chi connectivity index (χ4v) is 9.48. The van der Waals surface area contributed by atoms with E-state index in [1.807, 2.05) is 18.2 Å². The van der Waals surface area contributed by atoms with Crippen LogP contribution >= 0.6 is 34.5 Å². The molecule has 4 fully saturated rings. The summed E-state index contributed by atoms with van der Waals surface area (Å²) in [7, 11) is 0. The molecule has 1 spiro atoms. The number of fused-ring (bicyclic) bond motifs is 3. The number of carboxylic acids is 1. The predicted molar refractivity (Wildman–Crippen MR) is 153 cm³/mol. The van der Waals surface area contributed by atoms with Gasteiger partial charge in [-0.1, -0.05) is 45.8 Å². The molecule has 4 heterocycles. The lowest BCUT2D eigenvalue weighted by Crippen LogP contribution is -2.52. The highest BCUT2D eigenvalue weighted by atomic mass is 35.5. The van der Waals surface area contributed by atoms with Gasteiger partial charge in [0, 0.05) is 29.1 Å². The summed E-state index contributed by atoms with van der Waals surface area (Å²) >= 11 is 14.6. The number of hydrogen-bond acceptors (Lipinski definition) is 6. The second-order valence-electron chi connectivity index (χ2n) is 12.1. The zero-order chi connectivity index (χ0) is 27.3. The van der Waals surface area contributed by atoms with Gasteiger partial charge < -0.3 is 14.5 Å². The fraction of sp³-hybridized carbons (Fsp3) is 0.433. The zero-order valence-electron chi connectivity index (χ0n) is 21.5. The second-order valence-corrected chi connectivity index (χ2v) is 13.9. The molecule has 206 valence electrons. The highest BCUT2D eigenvalue weighted by Crippen LogP contribution is 2.64. The molecule has 2 aliphatic carbocycles. The molecular formula is C30H26Cl2FN3O3S. The number of anilines is 1. The molecule has 40 heavy (non-hydrogen) atoms. The average molecular weight is 599 g/mol. The summed E-state index contributed by atoms with van der Waals surface area (Å²) < 4.78 is 21.2. The molecule has 0 amide bonds. The molecule has 4 aliphatic rings. The molecule has 1 N–H and O–H groups in total. The van der Waals surface area contributed by atoms with Crippen LogP contribution in [0, 0.1) is 11.2 Å². The summed E-state index contributed by atoms with van der Waals surface area (Å²) in [5, 5.41) is 15.8. The standard InChI is InChI=1S/C30H26Cl2FN3O3S/c31-19-2-1-3-20(32)24(19)26-23(27(39-35-26)14-4-5-14)16-10-30(11-16)12-17-6-7-18(13-30)36(17)29-34-25-21(33)8-15(28(37)38)9-22(25)40-29/h1-3,8-9,14,16-18H,4-7,10-13H2,(H,37,38). The van der Waals surface area contributed by atoms with Crippen LogP contribution in [0.5, 0.6) is 0 Å². The van der Waals surface area contributed by atoms with E-state index < -0.39 is 11.8 Å². The Morgan fingerprint density at radius 1 is 1.05 bits per heavy atom. The molecule has 8 rings (SSSR count). The first-order chi connectivity index (χ1) is 19.3.